The molecule has 4 heteroatoms. The Kier molecular flexibility index (Phi) is 3.97. The van der Waals surface area contributed by atoms with Gasteiger partial charge in [0.1, 0.15) is 12.4 Å². The van der Waals surface area contributed by atoms with E-state index in [0.29, 0.717) is 5.92 Å². The minimum atomic E-state index is 0.257. The van der Waals surface area contributed by atoms with E-state index in [9.17, 15) is 0 Å². The molecule has 0 bridgehead atoms. The summed E-state index contributed by atoms with van der Waals surface area (Å²) in [6.45, 7) is 0.720. The molecule has 2 atom stereocenters. The molecule has 0 spiro atoms. The lowest BCUT2D eigenvalue weighted by atomic mass is 10.1. The van der Waals surface area contributed by atoms with Gasteiger partial charge in [-0.05, 0) is 51.5 Å². The van der Waals surface area contributed by atoms with Crippen molar-refractivity contribution in [1.82, 2.24) is 9.97 Å². The van der Waals surface area contributed by atoms with Crippen LogP contribution in [-0.4, -0.2) is 22.6 Å². The average Bonchev–Trinajstić information content (AvgIpc) is 2.73. The van der Waals surface area contributed by atoms with Crippen molar-refractivity contribution < 1.29 is 4.74 Å². The highest BCUT2D eigenvalue weighted by Gasteiger charge is 2.29. The van der Waals surface area contributed by atoms with E-state index in [4.69, 9.17) is 10.5 Å². The van der Waals surface area contributed by atoms with Crippen LogP contribution >= 0.6 is 0 Å². The molecule has 0 aliphatic heterocycles. The zero-order chi connectivity index (χ0) is 13.1. The number of ether oxygens (including phenoxy) is 1. The zero-order valence-corrected chi connectivity index (χ0v) is 11.5. The first-order valence-electron chi connectivity index (χ1n) is 7.58. The number of fused-ring (bicyclic) bond motifs is 1. The highest BCUT2D eigenvalue weighted by Crippen LogP contribution is 2.31. The maximum Gasteiger partial charge on any atom is 0.220 e. The molecule has 104 valence electrons. The summed E-state index contributed by atoms with van der Waals surface area (Å²) >= 11 is 0. The second-order valence-electron chi connectivity index (χ2n) is 5.75. The van der Waals surface area contributed by atoms with Gasteiger partial charge in [-0.15, -0.1) is 0 Å². The minimum Gasteiger partial charge on any atom is -0.474 e. The Morgan fingerprint density at radius 2 is 2.00 bits per heavy atom. The van der Waals surface area contributed by atoms with Gasteiger partial charge in [-0.3, -0.25) is 0 Å². The van der Waals surface area contributed by atoms with Crippen LogP contribution in [0, 0.1) is 5.92 Å². The molecule has 0 amide bonds. The summed E-state index contributed by atoms with van der Waals surface area (Å²) < 4.78 is 6.20. The van der Waals surface area contributed by atoms with Gasteiger partial charge in [-0.2, -0.15) is 0 Å². The van der Waals surface area contributed by atoms with Gasteiger partial charge in [0.15, 0.2) is 0 Å². The summed E-state index contributed by atoms with van der Waals surface area (Å²) in [5, 5.41) is 0. The lowest BCUT2D eigenvalue weighted by molar-refractivity contribution is 0.153. The third kappa shape index (κ3) is 2.73. The van der Waals surface area contributed by atoms with Crippen LogP contribution in [0.25, 0.3) is 0 Å². The summed E-state index contributed by atoms with van der Waals surface area (Å²) in [5.74, 6) is 1.33. The molecule has 0 radical (unpaired) electrons. The Morgan fingerprint density at radius 3 is 2.89 bits per heavy atom. The van der Waals surface area contributed by atoms with Gasteiger partial charge in [-0.25, -0.2) is 9.97 Å². The summed E-state index contributed by atoms with van der Waals surface area (Å²) in [7, 11) is 0. The molecule has 19 heavy (non-hydrogen) atoms. The lowest BCUT2D eigenvalue weighted by Crippen LogP contribution is -2.28. The fourth-order valence-electron chi connectivity index (χ4n) is 3.34. The predicted molar refractivity (Wildman–Crippen MR) is 74.1 cm³/mol. The van der Waals surface area contributed by atoms with Crippen LogP contribution in [0.15, 0.2) is 6.33 Å². The van der Waals surface area contributed by atoms with E-state index in [0.717, 1.165) is 31.7 Å². The van der Waals surface area contributed by atoms with Crippen LogP contribution in [-0.2, 0) is 12.8 Å². The van der Waals surface area contributed by atoms with Crippen molar-refractivity contribution in [2.75, 3.05) is 6.54 Å². The molecular weight excluding hydrogens is 238 g/mol. The molecule has 2 unspecified atom stereocenters. The summed E-state index contributed by atoms with van der Waals surface area (Å²) in [5.41, 5.74) is 8.28. The molecule has 1 heterocycles. The van der Waals surface area contributed by atoms with E-state index in [1.807, 2.05) is 0 Å². The Bertz CT molecular complexity index is 435. The molecule has 4 nitrogen and oxygen atoms in total. The smallest absolute Gasteiger partial charge is 0.220 e. The van der Waals surface area contributed by atoms with Crippen molar-refractivity contribution in [3.8, 4) is 5.88 Å². The van der Waals surface area contributed by atoms with Crippen LogP contribution in [0.1, 0.15) is 49.8 Å². The molecule has 2 aliphatic rings. The van der Waals surface area contributed by atoms with E-state index < -0.39 is 0 Å². The number of aromatic nitrogens is 2. The summed E-state index contributed by atoms with van der Waals surface area (Å²) in [4.78, 5) is 8.83. The third-order valence-corrected chi connectivity index (χ3v) is 4.49. The molecule has 1 aromatic rings. The van der Waals surface area contributed by atoms with E-state index >= 15 is 0 Å². The number of rotatable bonds is 3. The normalized spacial score (nSPS) is 26.8. The first-order valence-corrected chi connectivity index (χ1v) is 7.58. The van der Waals surface area contributed by atoms with Crippen molar-refractivity contribution in [2.45, 2.75) is 57.5 Å². The van der Waals surface area contributed by atoms with E-state index in [2.05, 4.69) is 9.97 Å². The maximum atomic E-state index is 6.20. The molecule has 2 aliphatic carbocycles. The average molecular weight is 261 g/mol. The predicted octanol–water partition coefficient (Wildman–Crippen LogP) is 2.25. The summed E-state index contributed by atoms with van der Waals surface area (Å²) in [6, 6.07) is 0. The number of hydrogen-bond donors (Lipinski definition) is 1. The molecule has 0 saturated heterocycles. The molecule has 1 saturated carbocycles. The van der Waals surface area contributed by atoms with Crippen molar-refractivity contribution >= 4 is 0 Å². The maximum absolute atomic E-state index is 6.20. The van der Waals surface area contributed by atoms with E-state index in [1.165, 1.54) is 43.4 Å². The molecular formula is C15H23N3O. The highest BCUT2D eigenvalue weighted by molar-refractivity contribution is 5.31. The second-order valence-corrected chi connectivity index (χ2v) is 5.75. The first-order chi connectivity index (χ1) is 9.38. The lowest BCUT2D eigenvalue weighted by Gasteiger charge is -2.21. The van der Waals surface area contributed by atoms with E-state index in [-0.39, 0.29) is 6.10 Å². The quantitative estimate of drug-likeness (QED) is 0.848. The topological polar surface area (TPSA) is 61.0 Å². The zero-order valence-electron chi connectivity index (χ0n) is 11.5. The number of hydrogen-bond acceptors (Lipinski definition) is 4. The monoisotopic (exact) mass is 261 g/mol. The minimum absolute atomic E-state index is 0.257. The van der Waals surface area contributed by atoms with Crippen LogP contribution < -0.4 is 10.5 Å². The van der Waals surface area contributed by atoms with Gasteiger partial charge in [0.05, 0.1) is 5.69 Å². The SMILES string of the molecule is NCC1CCCC1Oc1ncnc2c1CCCCC2. The van der Waals surface area contributed by atoms with Crippen molar-refractivity contribution in [3.63, 3.8) is 0 Å². The Hall–Kier alpha value is -1.16. The summed E-state index contributed by atoms with van der Waals surface area (Å²) in [6.07, 6.45) is 11.3. The Morgan fingerprint density at radius 1 is 1.11 bits per heavy atom. The largest absolute Gasteiger partial charge is 0.474 e. The van der Waals surface area contributed by atoms with Crippen molar-refractivity contribution in [1.29, 1.82) is 0 Å². The molecule has 0 aromatic carbocycles. The van der Waals surface area contributed by atoms with Gasteiger partial charge < -0.3 is 10.5 Å². The van der Waals surface area contributed by atoms with Crippen LogP contribution in [0.5, 0.6) is 5.88 Å². The number of nitrogens with zero attached hydrogens (tertiary/aromatic N) is 2. The van der Waals surface area contributed by atoms with Gasteiger partial charge >= 0.3 is 0 Å². The van der Waals surface area contributed by atoms with Gasteiger partial charge in [0, 0.05) is 11.5 Å². The Labute approximate surface area is 114 Å². The molecule has 3 rings (SSSR count). The van der Waals surface area contributed by atoms with Crippen molar-refractivity contribution in [2.24, 2.45) is 11.7 Å². The number of aryl methyl sites for hydroxylation is 1. The van der Waals surface area contributed by atoms with E-state index in [1.54, 1.807) is 6.33 Å². The first kappa shape index (κ1) is 12.9. The molecule has 2 N–H and O–H groups in total. The fourth-order valence-corrected chi connectivity index (χ4v) is 3.34. The highest BCUT2D eigenvalue weighted by atomic mass is 16.5. The Balaban J connectivity index is 1.81. The second kappa shape index (κ2) is 5.87. The van der Waals surface area contributed by atoms with Gasteiger partial charge in [0.25, 0.3) is 0 Å². The van der Waals surface area contributed by atoms with Crippen LogP contribution in [0.2, 0.25) is 0 Å². The van der Waals surface area contributed by atoms with Crippen LogP contribution in [0.3, 0.4) is 0 Å². The fraction of sp³-hybridized carbons (Fsp3) is 0.733. The standard InChI is InChI=1S/C15H23N3O/c16-9-11-5-4-8-14(11)19-15-12-6-2-1-3-7-13(12)17-10-18-15/h10-11,14H,1-9,16H2. The van der Waals surface area contributed by atoms with Crippen molar-refractivity contribution in [3.05, 3.63) is 17.6 Å². The third-order valence-electron chi connectivity index (χ3n) is 4.49. The molecule has 1 fully saturated rings. The van der Waals surface area contributed by atoms with Gasteiger partial charge in [0.2, 0.25) is 5.88 Å². The molecule has 1 aromatic heterocycles. The van der Waals surface area contributed by atoms with Crippen LogP contribution in [0.4, 0.5) is 0 Å². The van der Waals surface area contributed by atoms with Gasteiger partial charge in [-0.1, -0.05) is 6.42 Å². The number of nitrogens with two attached hydrogens (primary N) is 1.